The molecule has 4 rings (SSSR count). The number of imidazole rings is 1. The summed E-state index contributed by atoms with van der Waals surface area (Å²) in [5, 5.41) is 6.25. The summed E-state index contributed by atoms with van der Waals surface area (Å²) in [6, 6.07) is 11.9. The zero-order valence-corrected chi connectivity index (χ0v) is 17.7. The highest BCUT2D eigenvalue weighted by Gasteiger charge is 2.18. The lowest BCUT2D eigenvalue weighted by Gasteiger charge is -2.33. The van der Waals surface area contributed by atoms with Gasteiger partial charge < -0.3 is 14.6 Å². The van der Waals surface area contributed by atoms with E-state index >= 15 is 0 Å². The van der Waals surface area contributed by atoms with Gasteiger partial charge in [-0.15, -0.1) is 0 Å². The van der Waals surface area contributed by atoms with Crippen LogP contribution in [0.15, 0.2) is 55.0 Å². The number of nitrogens with one attached hydrogen (secondary N) is 1. The molecular formula is C21H26N5O2P. The predicted molar refractivity (Wildman–Crippen MR) is 115 cm³/mol. The number of hydrogen-bond acceptors (Lipinski definition) is 5. The zero-order valence-electron chi connectivity index (χ0n) is 16.8. The highest BCUT2D eigenvalue weighted by Crippen LogP contribution is 2.32. The Balaban J connectivity index is 1.30. The van der Waals surface area contributed by atoms with Crippen LogP contribution in [0.5, 0.6) is 0 Å². The van der Waals surface area contributed by atoms with E-state index in [9.17, 15) is 4.79 Å². The van der Waals surface area contributed by atoms with Gasteiger partial charge in [-0.25, -0.2) is 4.98 Å². The molecule has 1 unspecified atom stereocenters. The van der Waals surface area contributed by atoms with E-state index in [1.54, 1.807) is 18.5 Å². The lowest BCUT2D eigenvalue weighted by molar-refractivity contribution is -0.0740. The molecule has 1 aliphatic rings. The molecular weight excluding hydrogens is 385 g/mol. The molecule has 0 saturated carbocycles. The van der Waals surface area contributed by atoms with Crippen LogP contribution in [0.2, 0.25) is 0 Å². The summed E-state index contributed by atoms with van der Waals surface area (Å²) in [5.74, 6) is -0.0965. The molecule has 0 radical (unpaired) electrons. The number of fused-ring (bicyclic) bond motifs is 1. The normalized spacial score (nSPS) is 16.8. The minimum atomic E-state index is -0.684. The van der Waals surface area contributed by atoms with Crippen molar-refractivity contribution in [1.29, 1.82) is 0 Å². The quantitative estimate of drug-likeness (QED) is 0.630. The molecule has 3 aromatic rings. The van der Waals surface area contributed by atoms with Crippen LogP contribution >= 0.6 is 8.15 Å². The maximum Gasteiger partial charge on any atom is 0.253 e. The second kappa shape index (κ2) is 9.01. The number of hydrogen-bond donors (Lipinski definition) is 1. The number of nitrogens with zero attached hydrogens (tertiary/aromatic N) is 4. The summed E-state index contributed by atoms with van der Waals surface area (Å²) >= 11 is 0. The Bertz CT molecular complexity index is 967. The first-order chi connectivity index (χ1) is 14.1. The van der Waals surface area contributed by atoms with Crippen LogP contribution in [0.4, 0.5) is 0 Å². The Morgan fingerprint density at radius 3 is 2.66 bits per heavy atom. The average molecular weight is 411 g/mol. The first-order valence-corrected chi connectivity index (χ1v) is 11.4. The molecule has 1 amide bonds. The smallest absolute Gasteiger partial charge is 0.253 e. The van der Waals surface area contributed by atoms with Gasteiger partial charge in [0.05, 0.1) is 13.7 Å². The van der Waals surface area contributed by atoms with Crippen molar-refractivity contribution in [2.45, 2.75) is 6.54 Å². The number of carbonyl (C=O) groups excluding carboxylic acids is 1. The summed E-state index contributed by atoms with van der Waals surface area (Å²) in [4.78, 5) is 18.9. The van der Waals surface area contributed by atoms with E-state index in [1.807, 2.05) is 16.7 Å². The van der Waals surface area contributed by atoms with Gasteiger partial charge in [-0.05, 0) is 31.4 Å². The number of benzene rings is 1. The number of aromatic nitrogens is 2. The van der Waals surface area contributed by atoms with Crippen LogP contribution < -0.4 is 10.6 Å². The van der Waals surface area contributed by atoms with E-state index < -0.39 is 8.15 Å². The number of amides is 1. The van der Waals surface area contributed by atoms with Gasteiger partial charge in [0.2, 0.25) is 0 Å². The SMILES string of the molecule is CN1CCN(OP(C)c2ccc(CNC(=O)c3ccc4nccn4c3)cc2)CC1. The van der Waals surface area contributed by atoms with E-state index in [4.69, 9.17) is 4.62 Å². The van der Waals surface area contributed by atoms with Gasteiger partial charge in [-0.1, -0.05) is 24.3 Å². The number of pyridine rings is 1. The second-order valence-corrected chi connectivity index (χ2v) is 8.95. The summed E-state index contributed by atoms with van der Waals surface area (Å²) in [7, 11) is 1.45. The van der Waals surface area contributed by atoms with Crippen molar-refractivity contribution in [3.63, 3.8) is 0 Å². The Morgan fingerprint density at radius 2 is 1.90 bits per heavy atom. The van der Waals surface area contributed by atoms with Crippen molar-refractivity contribution >= 4 is 25.0 Å². The minimum absolute atomic E-state index is 0.0965. The Morgan fingerprint density at radius 1 is 1.14 bits per heavy atom. The number of carbonyl (C=O) groups is 1. The molecule has 1 atom stereocenters. The first-order valence-electron chi connectivity index (χ1n) is 9.74. The Hall–Kier alpha value is -2.31. The first kappa shape index (κ1) is 20.0. The Labute approximate surface area is 172 Å². The topological polar surface area (TPSA) is 62.1 Å². The van der Waals surface area contributed by atoms with Gasteiger partial charge in [0.1, 0.15) is 5.65 Å². The van der Waals surface area contributed by atoms with Crippen molar-refractivity contribution in [1.82, 2.24) is 24.7 Å². The number of piperazine rings is 1. The number of rotatable bonds is 6. The van der Waals surface area contributed by atoms with E-state index in [0.717, 1.165) is 37.4 Å². The lowest BCUT2D eigenvalue weighted by atomic mass is 10.2. The van der Waals surface area contributed by atoms with Crippen molar-refractivity contribution in [2.75, 3.05) is 39.9 Å². The monoisotopic (exact) mass is 411 g/mol. The van der Waals surface area contributed by atoms with E-state index in [2.05, 4.69) is 58.2 Å². The molecule has 1 aromatic carbocycles. The zero-order chi connectivity index (χ0) is 20.2. The van der Waals surface area contributed by atoms with E-state index in [-0.39, 0.29) is 5.91 Å². The fourth-order valence-electron chi connectivity index (χ4n) is 3.25. The molecule has 0 bridgehead atoms. The standard InChI is InChI=1S/C21H26N5O2P/c1-24-11-13-26(14-12-24)28-29(2)19-6-3-17(4-7-19)15-23-21(27)18-5-8-20-22-9-10-25(20)16-18/h3-10,16H,11-15H2,1-2H3,(H,23,27). The molecule has 1 N–H and O–H groups in total. The molecule has 3 heterocycles. The van der Waals surface area contributed by atoms with Crippen LogP contribution in [0.25, 0.3) is 5.65 Å². The third-order valence-corrected chi connectivity index (χ3v) is 6.61. The highest BCUT2D eigenvalue weighted by molar-refractivity contribution is 7.60. The molecule has 1 saturated heterocycles. The molecule has 152 valence electrons. The van der Waals surface area contributed by atoms with Crippen LogP contribution in [0, 0.1) is 0 Å². The van der Waals surface area contributed by atoms with Crippen LogP contribution in [0.3, 0.4) is 0 Å². The summed E-state index contributed by atoms with van der Waals surface area (Å²) in [5.41, 5.74) is 2.51. The van der Waals surface area contributed by atoms with Gasteiger partial charge in [-0.3, -0.25) is 9.42 Å². The average Bonchev–Trinajstić information content (AvgIpc) is 3.22. The molecule has 7 nitrogen and oxygen atoms in total. The maximum absolute atomic E-state index is 12.4. The number of hydroxylamine groups is 2. The molecule has 29 heavy (non-hydrogen) atoms. The van der Waals surface area contributed by atoms with E-state index in [1.165, 1.54) is 5.30 Å². The van der Waals surface area contributed by atoms with Crippen LogP contribution in [-0.4, -0.2) is 65.1 Å². The van der Waals surface area contributed by atoms with Gasteiger partial charge in [0, 0.05) is 56.6 Å². The minimum Gasteiger partial charge on any atom is -0.348 e. The summed E-state index contributed by atoms with van der Waals surface area (Å²) in [6.45, 7) is 6.58. The third-order valence-electron chi connectivity index (χ3n) is 5.10. The second-order valence-electron chi connectivity index (χ2n) is 7.27. The van der Waals surface area contributed by atoms with Crippen LogP contribution in [0.1, 0.15) is 15.9 Å². The molecule has 0 spiro atoms. The van der Waals surface area contributed by atoms with Gasteiger partial charge in [0.25, 0.3) is 5.91 Å². The lowest BCUT2D eigenvalue weighted by Crippen LogP contribution is -2.43. The fraction of sp³-hybridized carbons (Fsp3) is 0.333. The molecule has 1 aliphatic heterocycles. The largest absolute Gasteiger partial charge is 0.348 e. The Kier molecular flexibility index (Phi) is 6.21. The van der Waals surface area contributed by atoms with Crippen molar-refractivity contribution < 1.29 is 9.42 Å². The van der Waals surface area contributed by atoms with Gasteiger partial charge >= 0.3 is 0 Å². The molecule has 0 aliphatic carbocycles. The van der Waals surface area contributed by atoms with Crippen molar-refractivity contribution in [3.8, 4) is 0 Å². The van der Waals surface area contributed by atoms with E-state index in [0.29, 0.717) is 12.1 Å². The summed E-state index contributed by atoms with van der Waals surface area (Å²) < 4.78 is 7.99. The molecule has 1 fully saturated rings. The van der Waals surface area contributed by atoms with Crippen molar-refractivity contribution in [3.05, 3.63) is 66.1 Å². The fourth-order valence-corrected chi connectivity index (χ4v) is 4.43. The molecule has 8 heteroatoms. The maximum atomic E-state index is 12.4. The number of likely N-dealkylation sites (N-methyl/N-ethyl adjacent to an activating group) is 1. The summed E-state index contributed by atoms with van der Waals surface area (Å²) in [6.07, 6.45) is 5.34. The molecule has 2 aromatic heterocycles. The van der Waals surface area contributed by atoms with Gasteiger partial charge in [-0.2, -0.15) is 5.06 Å². The highest BCUT2D eigenvalue weighted by atomic mass is 31.1. The van der Waals surface area contributed by atoms with Gasteiger partial charge in [0.15, 0.2) is 0 Å². The third kappa shape index (κ3) is 5.00. The van der Waals surface area contributed by atoms with Crippen molar-refractivity contribution in [2.24, 2.45) is 0 Å². The predicted octanol–water partition coefficient (Wildman–Crippen LogP) is 2.10. The van der Waals surface area contributed by atoms with Crippen LogP contribution in [-0.2, 0) is 11.2 Å².